The van der Waals surface area contributed by atoms with E-state index in [1.165, 1.54) is 24.3 Å². The van der Waals surface area contributed by atoms with Gasteiger partial charge in [0.1, 0.15) is 5.75 Å². The highest BCUT2D eigenvalue weighted by Gasteiger charge is 2.27. The van der Waals surface area contributed by atoms with Crippen molar-refractivity contribution in [3.63, 3.8) is 0 Å². The Hall–Kier alpha value is -1.76. The standard InChI is InChI=1S/C12H5F5OS/c13-7-8(14)10(16)12(11(17)9(7)15)18-5-1-3-6(19)4-2-5/h1-4,19H. The number of hydrogen-bond acceptors (Lipinski definition) is 2. The predicted octanol–water partition coefficient (Wildman–Crippen LogP) is 4.46. The van der Waals surface area contributed by atoms with Crippen molar-refractivity contribution in [2.24, 2.45) is 0 Å². The summed E-state index contributed by atoms with van der Waals surface area (Å²) in [6, 6.07) is 5.43. The maximum absolute atomic E-state index is 13.3. The molecular weight excluding hydrogens is 287 g/mol. The second-order valence-electron chi connectivity index (χ2n) is 3.49. The second-order valence-corrected chi connectivity index (χ2v) is 4.01. The molecule has 0 atom stereocenters. The van der Waals surface area contributed by atoms with Gasteiger partial charge in [-0.1, -0.05) is 0 Å². The summed E-state index contributed by atoms with van der Waals surface area (Å²) in [5.74, 6) is -11.8. The van der Waals surface area contributed by atoms with Crippen LogP contribution in [0.1, 0.15) is 0 Å². The molecule has 0 fully saturated rings. The zero-order valence-corrected chi connectivity index (χ0v) is 9.95. The second kappa shape index (κ2) is 5.08. The molecule has 0 spiro atoms. The first kappa shape index (κ1) is 13.7. The van der Waals surface area contributed by atoms with Crippen LogP contribution in [0.2, 0.25) is 0 Å². The lowest BCUT2D eigenvalue weighted by Gasteiger charge is -2.09. The molecule has 2 aromatic carbocycles. The Balaban J connectivity index is 2.48. The van der Waals surface area contributed by atoms with Crippen molar-refractivity contribution in [3.8, 4) is 11.5 Å². The first-order valence-electron chi connectivity index (χ1n) is 4.90. The molecule has 0 heterocycles. The van der Waals surface area contributed by atoms with Crippen molar-refractivity contribution >= 4 is 12.6 Å². The van der Waals surface area contributed by atoms with Gasteiger partial charge in [0.25, 0.3) is 0 Å². The normalized spacial score (nSPS) is 10.6. The van der Waals surface area contributed by atoms with Crippen LogP contribution in [0.3, 0.4) is 0 Å². The molecule has 0 aliphatic carbocycles. The van der Waals surface area contributed by atoms with Crippen molar-refractivity contribution in [1.29, 1.82) is 0 Å². The highest BCUT2D eigenvalue weighted by atomic mass is 32.1. The maximum Gasteiger partial charge on any atom is 0.207 e. The van der Waals surface area contributed by atoms with Crippen LogP contribution in [-0.4, -0.2) is 0 Å². The van der Waals surface area contributed by atoms with Crippen LogP contribution in [0.15, 0.2) is 29.2 Å². The summed E-state index contributed by atoms with van der Waals surface area (Å²) < 4.78 is 69.9. The van der Waals surface area contributed by atoms with Gasteiger partial charge in [-0.3, -0.25) is 0 Å². The van der Waals surface area contributed by atoms with Crippen molar-refractivity contribution in [1.82, 2.24) is 0 Å². The fourth-order valence-corrected chi connectivity index (χ4v) is 1.46. The van der Waals surface area contributed by atoms with E-state index in [1.807, 2.05) is 0 Å². The summed E-state index contributed by atoms with van der Waals surface area (Å²) in [6.45, 7) is 0. The molecule has 0 saturated heterocycles. The van der Waals surface area contributed by atoms with Crippen LogP contribution in [-0.2, 0) is 0 Å². The predicted molar refractivity (Wildman–Crippen MR) is 60.0 cm³/mol. The summed E-state index contributed by atoms with van der Waals surface area (Å²) in [4.78, 5) is 0.546. The molecule has 2 aromatic rings. The quantitative estimate of drug-likeness (QED) is 0.372. The minimum Gasteiger partial charge on any atom is -0.451 e. The first-order valence-corrected chi connectivity index (χ1v) is 5.35. The molecule has 0 aromatic heterocycles. The van der Waals surface area contributed by atoms with E-state index in [2.05, 4.69) is 17.4 Å². The molecule has 0 bridgehead atoms. The summed E-state index contributed by atoms with van der Waals surface area (Å²) in [7, 11) is 0. The number of benzene rings is 2. The van der Waals surface area contributed by atoms with Crippen LogP contribution in [0.4, 0.5) is 22.0 Å². The minimum absolute atomic E-state index is 0.0824. The van der Waals surface area contributed by atoms with Crippen molar-refractivity contribution in [2.45, 2.75) is 4.90 Å². The van der Waals surface area contributed by atoms with Crippen molar-refractivity contribution < 1.29 is 26.7 Å². The highest BCUT2D eigenvalue weighted by Crippen LogP contribution is 2.32. The van der Waals surface area contributed by atoms with Gasteiger partial charge in [-0.05, 0) is 24.3 Å². The summed E-state index contributed by atoms with van der Waals surface area (Å²) in [5, 5.41) is 0. The molecule has 0 unspecified atom stereocenters. The Kier molecular flexibility index (Phi) is 3.66. The van der Waals surface area contributed by atoms with Crippen LogP contribution in [0.25, 0.3) is 0 Å². The highest BCUT2D eigenvalue weighted by molar-refractivity contribution is 7.80. The smallest absolute Gasteiger partial charge is 0.207 e. The zero-order chi connectivity index (χ0) is 14.2. The van der Waals surface area contributed by atoms with Crippen LogP contribution in [0, 0.1) is 29.1 Å². The van der Waals surface area contributed by atoms with E-state index >= 15 is 0 Å². The molecule has 0 N–H and O–H groups in total. The van der Waals surface area contributed by atoms with Gasteiger partial charge in [0.15, 0.2) is 0 Å². The number of rotatable bonds is 2. The Labute approximate surface area is 110 Å². The number of thiol groups is 1. The molecule has 19 heavy (non-hydrogen) atoms. The fraction of sp³-hybridized carbons (Fsp3) is 0. The van der Waals surface area contributed by atoms with E-state index in [1.54, 1.807) is 0 Å². The van der Waals surface area contributed by atoms with Gasteiger partial charge in [-0.15, -0.1) is 12.6 Å². The van der Waals surface area contributed by atoms with E-state index in [9.17, 15) is 22.0 Å². The molecular formula is C12H5F5OS. The third kappa shape index (κ3) is 2.51. The minimum atomic E-state index is -2.23. The average Bonchev–Trinajstić information content (AvgIpc) is 2.41. The van der Waals surface area contributed by atoms with Crippen LogP contribution < -0.4 is 4.74 Å². The molecule has 1 nitrogen and oxygen atoms in total. The van der Waals surface area contributed by atoms with E-state index in [-0.39, 0.29) is 5.75 Å². The SMILES string of the molecule is Fc1c(F)c(F)c(Oc2ccc(S)cc2)c(F)c1F. The van der Waals surface area contributed by atoms with Crippen molar-refractivity contribution in [3.05, 3.63) is 53.4 Å². The van der Waals surface area contributed by atoms with E-state index in [0.717, 1.165) is 0 Å². The van der Waals surface area contributed by atoms with Gasteiger partial charge in [0.2, 0.25) is 34.8 Å². The Bertz CT molecular complexity index is 598. The van der Waals surface area contributed by atoms with Gasteiger partial charge in [0.05, 0.1) is 0 Å². The molecule has 2 rings (SSSR count). The maximum atomic E-state index is 13.3. The van der Waals surface area contributed by atoms with E-state index < -0.39 is 34.8 Å². The summed E-state index contributed by atoms with van der Waals surface area (Å²) in [6.07, 6.45) is 0. The number of hydrogen-bond donors (Lipinski definition) is 1. The first-order chi connectivity index (χ1) is 8.91. The molecule has 100 valence electrons. The molecule has 0 aliphatic rings. The van der Waals surface area contributed by atoms with Crippen LogP contribution in [0.5, 0.6) is 11.5 Å². The Morgan fingerprint density at radius 1 is 0.684 bits per heavy atom. The van der Waals surface area contributed by atoms with E-state index in [0.29, 0.717) is 4.90 Å². The Morgan fingerprint density at radius 2 is 1.11 bits per heavy atom. The van der Waals surface area contributed by atoms with Gasteiger partial charge < -0.3 is 4.74 Å². The van der Waals surface area contributed by atoms with Gasteiger partial charge >= 0.3 is 0 Å². The topological polar surface area (TPSA) is 9.23 Å². The third-order valence-electron chi connectivity index (χ3n) is 2.23. The molecule has 7 heteroatoms. The summed E-state index contributed by atoms with van der Waals surface area (Å²) >= 11 is 3.97. The summed E-state index contributed by atoms with van der Waals surface area (Å²) in [5.41, 5.74) is 0. The lowest BCUT2D eigenvalue weighted by molar-refractivity contribution is 0.332. The Morgan fingerprint density at radius 3 is 1.58 bits per heavy atom. The fourth-order valence-electron chi connectivity index (χ4n) is 1.31. The number of ether oxygens (including phenoxy) is 1. The van der Waals surface area contributed by atoms with Gasteiger partial charge in [0, 0.05) is 4.90 Å². The monoisotopic (exact) mass is 292 g/mol. The van der Waals surface area contributed by atoms with Crippen molar-refractivity contribution in [2.75, 3.05) is 0 Å². The molecule has 0 amide bonds. The largest absolute Gasteiger partial charge is 0.451 e. The zero-order valence-electron chi connectivity index (χ0n) is 9.05. The lowest BCUT2D eigenvalue weighted by atomic mass is 10.2. The van der Waals surface area contributed by atoms with Gasteiger partial charge in [-0.25, -0.2) is 13.2 Å². The number of halogens is 5. The molecule has 0 radical (unpaired) electrons. The van der Waals surface area contributed by atoms with Crippen LogP contribution >= 0.6 is 12.6 Å². The average molecular weight is 292 g/mol. The molecule has 0 saturated carbocycles. The van der Waals surface area contributed by atoms with E-state index in [4.69, 9.17) is 0 Å². The third-order valence-corrected chi connectivity index (χ3v) is 2.52. The molecule has 0 aliphatic heterocycles. The lowest BCUT2D eigenvalue weighted by Crippen LogP contribution is -2.04. The van der Waals surface area contributed by atoms with Gasteiger partial charge in [-0.2, -0.15) is 8.78 Å².